The Hall–Kier alpha value is -1.88. The number of benzene rings is 1. The van der Waals surface area contributed by atoms with Gasteiger partial charge in [0.25, 0.3) is 0 Å². The molecule has 0 radical (unpaired) electrons. The summed E-state index contributed by atoms with van der Waals surface area (Å²) in [4.78, 5) is 24.3. The van der Waals surface area contributed by atoms with Gasteiger partial charge in [-0.05, 0) is 43.4 Å². The van der Waals surface area contributed by atoms with Crippen molar-refractivity contribution in [3.8, 4) is 0 Å². The monoisotopic (exact) mass is 333 g/mol. The fourth-order valence-corrected chi connectivity index (χ4v) is 3.64. The van der Waals surface area contributed by atoms with Crippen LogP contribution in [0.1, 0.15) is 51.0 Å². The molecular weight excluding hydrogens is 306 g/mol. The van der Waals surface area contributed by atoms with E-state index in [9.17, 15) is 14.7 Å². The van der Waals surface area contributed by atoms with Gasteiger partial charge in [0.2, 0.25) is 5.91 Å². The summed E-state index contributed by atoms with van der Waals surface area (Å²) >= 11 is 0. The summed E-state index contributed by atoms with van der Waals surface area (Å²) in [5.41, 5.74) is 0.763. The first-order valence-corrected chi connectivity index (χ1v) is 8.57. The summed E-state index contributed by atoms with van der Waals surface area (Å²) in [5, 5.41) is 12.2. The summed E-state index contributed by atoms with van der Waals surface area (Å²) in [6.45, 7) is 2.27. The van der Waals surface area contributed by atoms with Crippen LogP contribution in [-0.2, 0) is 20.9 Å². The molecule has 1 unspecified atom stereocenters. The summed E-state index contributed by atoms with van der Waals surface area (Å²) in [7, 11) is 1.62. The Morgan fingerprint density at radius 3 is 2.62 bits per heavy atom. The zero-order chi connectivity index (χ0) is 17.6. The Labute approximate surface area is 143 Å². The van der Waals surface area contributed by atoms with Crippen LogP contribution in [0, 0.1) is 11.3 Å². The average molecular weight is 333 g/mol. The van der Waals surface area contributed by atoms with Gasteiger partial charge in [0.05, 0.1) is 18.4 Å². The van der Waals surface area contributed by atoms with Crippen molar-refractivity contribution in [3.63, 3.8) is 0 Å². The molecule has 5 nitrogen and oxygen atoms in total. The number of hydrogen-bond acceptors (Lipinski definition) is 3. The van der Waals surface area contributed by atoms with Gasteiger partial charge in [-0.2, -0.15) is 0 Å². The highest BCUT2D eigenvalue weighted by Crippen LogP contribution is 2.42. The van der Waals surface area contributed by atoms with Crippen molar-refractivity contribution in [1.29, 1.82) is 0 Å². The normalized spacial score (nSPS) is 17.9. The Morgan fingerprint density at radius 2 is 2.00 bits per heavy atom. The summed E-state index contributed by atoms with van der Waals surface area (Å²) < 4.78 is 5.11. The van der Waals surface area contributed by atoms with E-state index in [4.69, 9.17) is 4.74 Å². The number of hydrogen-bond donors (Lipinski definition) is 2. The maximum absolute atomic E-state index is 12.9. The maximum atomic E-state index is 12.9. The fourth-order valence-electron chi connectivity index (χ4n) is 3.64. The van der Waals surface area contributed by atoms with E-state index in [1.807, 2.05) is 24.3 Å². The number of ether oxygens (including phenoxy) is 1. The minimum absolute atomic E-state index is 0.115. The highest BCUT2D eigenvalue weighted by molar-refractivity contribution is 5.97. The maximum Gasteiger partial charge on any atom is 0.304 e. The minimum Gasteiger partial charge on any atom is -0.481 e. The highest BCUT2D eigenvalue weighted by Gasteiger charge is 2.43. The molecule has 24 heavy (non-hydrogen) atoms. The van der Waals surface area contributed by atoms with E-state index in [0.717, 1.165) is 31.2 Å². The van der Waals surface area contributed by atoms with Gasteiger partial charge in [-0.25, -0.2) is 0 Å². The molecule has 1 aromatic rings. The van der Waals surface area contributed by atoms with Gasteiger partial charge in [0.15, 0.2) is 0 Å². The largest absolute Gasteiger partial charge is 0.481 e. The van der Waals surface area contributed by atoms with E-state index < -0.39 is 11.4 Å². The average Bonchev–Trinajstić information content (AvgIpc) is 2.55. The molecule has 0 spiro atoms. The summed E-state index contributed by atoms with van der Waals surface area (Å²) in [6, 6.07) is 7.47. The summed E-state index contributed by atoms with van der Waals surface area (Å²) in [5.74, 6) is -1.01. The molecule has 0 saturated heterocycles. The second-order valence-corrected chi connectivity index (χ2v) is 6.91. The third-order valence-corrected chi connectivity index (χ3v) is 5.04. The van der Waals surface area contributed by atoms with Gasteiger partial charge in [0.1, 0.15) is 0 Å². The van der Waals surface area contributed by atoms with Crippen LogP contribution in [0.5, 0.6) is 0 Å². The first-order valence-electron chi connectivity index (χ1n) is 8.57. The molecule has 2 N–H and O–H groups in total. The van der Waals surface area contributed by atoms with Crippen molar-refractivity contribution >= 4 is 17.6 Å². The van der Waals surface area contributed by atoms with E-state index >= 15 is 0 Å². The third kappa shape index (κ3) is 4.57. The molecule has 1 saturated carbocycles. The van der Waals surface area contributed by atoms with E-state index in [0.29, 0.717) is 12.3 Å². The van der Waals surface area contributed by atoms with Crippen LogP contribution in [-0.4, -0.2) is 24.1 Å². The van der Waals surface area contributed by atoms with Crippen LogP contribution in [0.2, 0.25) is 0 Å². The number of methoxy groups -OCH3 is 1. The second kappa shape index (κ2) is 8.29. The van der Waals surface area contributed by atoms with Gasteiger partial charge < -0.3 is 15.2 Å². The standard InChI is InChI=1S/C19H27NO4/c1-19(12-17(21)22,15-8-4-3-5-9-15)18(23)20-16-10-6-7-14(11-16)13-24-2/h6-7,10-11,15H,3-5,8-9,12-13H2,1-2H3,(H,20,23)(H,21,22). The lowest BCUT2D eigenvalue weighted by atomic mass is 9.67. The van der Waals surface area contributed by atoms with Gasteiger partial charge in [0, 0.05) is 12.8 Å². The molecule has 1 fully saturated rings. The van der Waals surface area contributed by atoms with E-state index in [2.05, 4.69) is 5.32 Å². The Morgan fingerprint density at radius 1 is 1.29 bits per heavy atom. The number of rotatable bonds is 7. The van der Waals surface area contributed by atoms with Gasteiger partial charge in [-0.1, -0.05) is 31.4 Å². The van der Waals surface area contributed by atoms with Crippen molar-refractivity contribution in [2.24, 2.45) is 11.3 Å². The Balaban J connectivity index is 2.17. The quantitative estimate of drug-likeness (QED) is 0.795. The van der Waals surface area contributed by atoms with Crippen molar-refractivity contribution in [2.45, 2.75) is 52.1 Å². The molecule has 0 bridgehead atoms. The van der Waals surface area contributed by atoms with E-state index in [1.165, 1.54) is 6.42 Å². The van der Waals surface area contributed by atoms with Gasteiger partial charge in [-0.3, -0.25) is 9.59 Å². The molecule has 1 amide bonds. The molecule has 0 aliphatic heterocycles. The third-order valence-electron chi connectivity index (χ3n) is 5.04. The minimum atomic E-state index is -0.925. The zero-order valence-corrected chi connectivity index (χ0v) is 14.5. The van der Waals surface area contributed by atoms with E-state index in [-0.39, 0.29) is 18.2 Å². The molecule has 132 valence electrons. The van der Waals surface area contributed by atoms with Crippen LogP contribution in [0.3, 0.4) is 0 Å². The van der Waals surface area contributed by atoms with Crippen LogP contribution >= 0.6 is 0 Å². The lowest BCUT2D eigenvalue weighted by molar-refractivity contribution is -0.145. The highest BCUT2D eigenvalue weighted by atomic mass is 16.5. The van der Waals surface area contributed by atoms with Gasteiger partial charge in [-0.15, -0.1) is 0 Å². The van der Waals surface area contributed by atoms with Crippen molar-refractivity contribution < 1.29 is 19.4 Å². The Kier molecular flexibility index (Phi) is 6.37. The first kappa shape index (κ1) is 18.5. The van der Waals surface area contributed by atoms with Crippen molar-refractivity contribution in [2.75, 3.05) is 12.4 Å². The van der Waals surface area contributed by atoms with Crippen LogP contribution in [0.15, 0.2) is 24.3 Å². The molecule has 2 rings (SSSR count). The Bertz CT molecular complexity index is 580. The number of carboxylic acid groups (broad SMARTS) is 1. The number of carbonyl (C=O) groups excluding carboxylic acids is 1. The number of anilines is 1. The smallest absolute Gasteiger partial charge is 0.304 e. The molecule has 1 aliphatic carbocycles. The van der Waals surface area contributed by atoms with Gasteiger partial charge >= 0.3 is 5.97 Å². The molecule has 0 aromatic heterocycles. The molecule has 5 heteroatoms. The van der Waals surface area contributed by atoms with Crippen LogP contribution < -0.4 is 5.32 Å². The zero-order valence-electron chi connectivity index (χ0n) is 14.5. The van der Waals surface area contributed by atoms with Crippen LogP contribution in [0.4, 0.5) is 5.69 Å². The topological polar surface area (TPSA) is 75.6 Å². The first-order chi connectivity index (χ1) is 11.5. The predicted molar refractivity (Wildman–Crippen MR) is 92.7 cm³/mol. The predicted octanol–water partition coefficient (Wildman–Crippen LogP) is 3.83. The fraction of sp³-hybridized carbons (Fsp3) is 0.579. The van der Waals surface area contributed by atoms with Crippen molar-refractivity contribution in [1.82, 2.24) is 0 Å². The number of carbonyl (C=O) groups is 2. The molecule has 1 aliphatic rings. The van der Waals surface area contributed by atoms with Crippen LogP contribution in [0.25, 0.3) is 0 Å². The van der Waals surface area contributed by atoms with E-state index in [1.54, 1.807) is 14.0 Å². The van der Waals surface area contributed by atoms with Crippen molar-refractivity contribution in [3.05, 3.63) is 29.8 Å². The molecular formula is C19H27NO4. The number of carboxylic acids is 1. The second-order valence-electron chi connectivity index (χ2n) is 6.91. The SMILES string of the molecule is COCc1cccc(NC(=O)C(C)(CC(=O)O)C2CCCCC2)c1. The molecule has 1 aromatic carbocycles. The molecule has 1 atom stereocenters. The number of aliphatic carboxylic acids is 1. The summed E-state index contributed by atoms with van der Waals surface area (Å²) in [6.07, 6.45) is 5.00. The lowest BCUT2D eigenvalue weighted by Gasteiger charge is -2.37. The molecule has 0 heterocycles. The lowest BCUT2D eigenvalue weighted by Crippen LogP contribution is -2.42. The number of amides is 1. The number of nitrogens with one attached hydrogen (secondary N) is 1.